The minimum atomic E-state index is -0.307. The number of aromatic nitrogens is 4. The molecule has 1 saturated heterocycles. The van der Waals surface area contributed by atoms with Crippen molar-refractivity contribution >= 4 is 28.6 Å². The SMILES string of the molecule is CC[C@H](NC(=O)Nc1cc2[nH]nc(N3CCCC3)c2cn1)c1ccccn1. The lowest BCUT2D eigenvalue weighted by molar-refractivity contribution is 0.248. The van der Waals surface area contributed by atoms with Gasteiger partial charge in [0, 0.05) is 31.5 Å². The van der Waals surface area contributed by atoms with Gasteiger partial charge in [-0.25, -0.2) is 9.78 Å². The molecule has 1 aliphatic rings. The first-order valence-electron chi connectivity index (χ1n) is 9.32. The number of hydrogen-bond acceptors (Lipinski definition) is 5. The molecule has 1 fully saturated rings. The van der Waals surface area contributed by atoms with E-state index < -0.39 is 0 Å². The second-order valence-corrected chi connectivity index (χ2v) is 6.67. The fraction of sp³-hybridized carbons (Fsp3) is 0.368. The smallest absolute Gasteiger partial charge is 0.320 e. The third-order valence-corrected chi connectivity index (χ3v) is 4.83. The maximum Gasteiger partial charge on any atom is 0.320 e. The number of carbonyl (C=O) groups excluding carboxylic acids is 1. The molecule has 0 aliphatic carbocycles. The normalized spacial score (nSPS) is 15.1. The number of H-pyrrole nitrogens is 1. The first-order valence-corrected chi connectivity index (χ1v) is 9.32. The number of nitrogens with one attached hydrogen (secondary N) is 3. The van der Waals surface area contributed by atoms with Crippen LogP contribution in [0.4, 0.5) is 16.4 Å². The van der Waals surface area contributed by atoms with Gasteiger partial charge in [-0.15, -0.1) is 0 Å². The van der Waals surface area contributed by atoms with Gasteiger partial charge in [-0.2, -0.15) is 5.10 Å². The number of fused-ring (bicyclic) bond motifs is 1. The van der Waals surface area contributed by atoms with E-state index in [2.05, 4.69) is 35.7 Å². The summed E-state index contributed by atoms with van der Waals surface area (Å²) in [6.07, 6.45) is 6.62. The zero-order valence-electron chi connectivity index (χ0n) is 15.3. The van der Waals surface area contributed by atoms with Gasteiger partial charge in [0.05, 0.1) is 22.6 Å². The summed E-state index contributed by atoms with van der Waals surface area (Å²) in [4.78, 5) is 23.3. The summed E-state index contributed by atoms with van der Waals surface area (Å²) in [6, 6.07) is 7.03. The Morgan fingerprint density at radius 1 is 1.30 bits per heavy atom. The third-order valence-electron chi connectivity index (χ3n) is 4.83. The van der Waals surface area contributed by atoms with Gasteiger partial charge in [0.25, 0.3) is 0 Å². The monoisotopic (exact) mass is 365 g/mol. The second-order valence-electron chi connectivity index (χ2n) is 6.67. The molecule has 0 saturated carbocycles. The van der Waals surface area contributed by atoms with E-state index in [0.717, 1.165) is 41.9 Å². The lowest BCUT2D eigenvalue weighted by Gasteiger charge is -2.16. The molecule has 0 spiro atoms. The first-order chi connectivity index (χ1) is 13.2. The van der Waals surface area contributed by atoms with Gasteiger partial charge in [0.2, 0.25) is 0 Å². The van der Waals surface area contributed by atoms with Crippen molar-refractivity contribution in [1.82, 2.24) is 25.5 Å². The van der Waals surface area contributed by atoms with Crippen molar-refractivity contribution in [2.75, 3.05) is 23.3 Å². The van der Waals surface area contributed by atoms with E-state index in [0.29, 0.717) is 5.82 Å². The van der Waals surface area contributed by atoms with Gasteiger partial charge < -0.3 is 10.2 Å². The second kappa shape index (κ2) is 7.61. The Bertz CT molecular complexity index is 918. The molecule has 1 atom stereocenters. The van der Waals surface area contributed by atoms with Crippen molar-refractivity contribution in [3.05, 3.63) is 42.4 Å². The number of pyridine rings is 2. The molecule has 0 bridgehead atoms. The van der Waals surface area contributed by atoms with Crippen LogP contribution < -0.4 is 15.5 Å². The van der Waals surface area contributed by atoms with E-state index in [-0.39, 0.29) is 12.1 Å². The Morgan fingerprint density at radius 2 is 2.15 bits per heavy atom. The molecule has 0 radical (unpaired) electrons. The van der Waals surface area contributed by atoms with Crippen LogP contribution in [0.2, 0.25) is 0 Å². The van der Waals surface area contributed by atoms with Crippen molar-refractivity contribution in [2.24, 2.45) is 0 Å². The van der Waals surface area contributed by atoms with Crippen LogP contribution >= 0.6 is 0 Å². The van der Waals surface area contributed by atoms with Crippen molar-refractivity contribution in [3.63, 3.8) is 0 Å². The van der Waals surface area contributed by atoms with E-state index in [1.807, 2.05) is 31.2 Å². The van der Waals surface area contributed by atoms with E-state index in [9.17, 15) is 4.79 Å². The molecule has 8 nitrogen and oxygen atoms in total. The Hall–Kier alpha value is -3.16. The summed E-state index contributed by atoms with van der Waals surface area (Å²) < 4.78 is 0. The topological polar surface area (TPSA) is 98.8 Å². The predicted molar refractivity (Wildman–Crippen MR) is 105 cm³/mol. The predicted octanol–water partition coefficient (Wildman–Crippen LogP) is 3.23. The molecule has 3 aromatic rings. The highest BCUT2D eigenvalue weighted by molar-refractivity contribution is 5.94. The summed E-state index contributed by atoms with van der Waals surface area (Å²) in [7, 11) is 0. The Labute approximate surface area is 157 Å². The molecule has 1 aliphatic heterocycles. The van der Waals surface area contributed by atoms with E-state index in [1.165, 1.54) is 12.8 Å². The van der Waals surface area contributed by atoms with Crippen LogP contribution in [0, 0.1) is 0 Å². The number of anilines is 2. The van der Waals surface area contributed by atoms with Gasteiger partial charge in [-0.3, -0.25) is 15.4 Å². The summed E-state index contributed by atoms with van der Waals surface area (Å²) >= 11 is 0. The van der Waals surface area contributed by atoms with Crippen LogP contribution in [0.5, 0.6) is 0 Å². The van der Waals surface area contributed by atoms with Gasteiger partial charge in [-0.1, -0.05) is 13.0 Å². The largest absolute Gasteiger partial charge is 0.355 e. The maximum absolute atomic E-state index is 12.4. The fourth-order valence-corrected chi connectivity index (χ4v) is 3.42. The lowest BCUT2D eigenvalue weighted by Crippen LogP contribution is -2.33. The van der Waals surface area contributed by atoms with Crippen molar-refractivity contribution in [2.45, 2.75) is 32.2 Å². The highest BCUT2D eigenvalue weighted by Crippen LogP contribution is 2.27. The summed E-state index contributed by atoms with van der Waals surface area (Å²) in [5, 5.41) is 14.2. The van der Waals surface area contributed by atoms with Crippen molar-refractivity contribution in [1.29, 1.82) is 0 Å². The zero-order chi connectivity index (χ0) is 18.6. The number of hydrogen-bond donors (Lipinski definition) is 3. The van der Waals surface area contributed by atoms with Crippen LogP contribution in [-0.2, 0) is 0 Å². The molecular formula is C19H23N7O. The third kappa shape index (κ3) is 3.69. The Balaban J connectivity index is 1.45. The van der Waals surface area contributed by atoms with Crippen LogP contribution in [0.15, 0.2) is 36.7 Å². The molecule has 4 heterocycles. The number of rotatable bonds is 5. The average molecular weight is 365 g/mol. The van der Waals surface area contributed by atoms with Crippen LogP contribution in [0.1, 0.15) is 37.9 Å². The van der Waals surface area contributed by atoms with E-state index in [4.69, 9.17) is 0 Å². The molecule has 140 valence electrons. The van der Waals surface area contributed by atoms with Crippen molar-refractivity contribution in [3.8, 4) is 0 Å². The molecule has 27 heavy (non-hydrogen) atoms. The molecule has 3 aromatic heterocycles. The fourth-order valence-electron chi connectivity index (χ4n) is 3.42. The molecule has 0 aromatic carbocycles. The molecule has 3 N–H and O–H groups in total. The number of aromatic amines is 1. The van der Waals surface area contributed by atoms with Gasteiger partial charge in [-0.05, 0) is 31.4 Å². The molecular weight excluding hydrogens is 342 g/mol. The maximum atomic E-state index is 12.4. The summed E-state index contributed by atoms with van der Waals surface area (Å²) in [5.41, 5.74) is 1.70. The number of nitrogens with zero attached hydrogens (tertiary/aromatic N) is 4. The van der Waals surface area contributed by atoms with Crippen LogP contribution in [0.25, 0.3) is 10.9 Å². The number of amides is 2. The highest BCUT2D eigenvalue weighted by atomic mass is 16.2. The Kier molecular flexibility index (Phi) is 4.86. The van der Waals surface area contributed by atoms with E-state index in [1.54, 1.807) is 12.4 Å². The minimum absolute atomic E-state index is 0.149. The summed E-state index contributed by atoms with van der Waals surface area (Å²) in [6.45, 7) is 4.05. The first kappa shape index (κ1) is 17.3. The standard InChI is InChI=1S/C19H23N7O/c1-2-14(15-7-3-4-8-20-15)22-19(27)23-17-11-16-13(12-21-17)18(25-24-16)26-9-5-6-10-26/h3-4,7-8,11-12,14H,2,5-6,9-10H2,1H3,(H,24,25)(H2,21,22,23,27)/t14-/m0/s1. The minimum Gasteiger partial charge on any atom is -0.355 e. The van der Waals surface area contributed by atoms with E-state index >= 15 is 0 Å². The lowest BCUT2D eigenvalue weighted by atomic mass is 10.1. The molecule has 0 unspecified atom stereocenters. The quantitative estimate of drug-likeness (QED) is 0.645. The molecule has 2 amide bonds. The number of urea groups is 1. The Morgan fingerprint density at radius 3 is 2.89 bits per heavy atom. The highest BCUT2D eigenvalue weighted by Gasteiger charge is 2.19. The average Bonchev–Trinajstić information content (AvgIpc) is 3.36. The zero-order valence-corrected chi connectivity index (χ0v) is 15.3. The van der Waals surface area contributed by atoms with Crippen LogP contribution in [0.3, 0.4) is 0 Å². The summed E-state index contributed by atoms with van der Waals surface area (Å²) in [5.74, 6) is 1.42. The van der Waals surface area contributed by atoms with Gasteiger partial charge in [0.1, 0.15) is 5.82 Å². The van der Waals surface area contributed by atoms with Crippen LogP contribution in [-0.4, -0.2) is 39.3 Å². The molecule has 4 rings (SSSR count). The number of carbonyl (C=O) groups is 1. The van der Waals surface area contributed by atoms with Crippen molar-refractivity contribution < 1.29 is 4.79 Å². The van der Waals surface area contributed by atoms with Gasteiger partial charge >= 0.3 is 6.03 Å². The van der Waals surface area contributed by atoms with Gasteiger partial charge in [0.15, 0.2) is 5.82 Å². The molecule has 8 heteroatoms.